The van der Waals surface area contributed by atoms with Crippen molar-refractivity contribution in [1.29, 1.82) is 0 Å². The predicted molar refractivity (Wildman–Crippen MR) is 131 cm³/mol. The van der Waals surface area contributed by atoms with Gasteiger partial charge in [-0.25, -0.2) is 0 Å². The van der Waals surface area contributed by atoms with Gasteiger partial charge in [-0.15, -0.1) is 31.7 Å². The largest absolute Gasteiger partial charge is 0.426 e. The molecule has 0 fully saturated rings. The van der Waals surface area contributed by atoms with Gasteiger partial charge in [0, 0.05) is 12.8 Å². The molecule has 1 N–H and O–H groups in total. The molecule has 1 amide bonds. The molecule has 0 radical (unpaired) electrons. The number of carbonyl (C=O) groups excluding carboxylic acids is 2. The minimum Gasteiger partial charge on any atom is -0.426 e. The van der Waals surface area contributed by atoms with Crippen molar-refractivity contribution >= 4 is 39.7 Å². The number of amides is 1. The summed E-state index contributed by atoms with van der Waals surface area (Å²) in [5, 5.41) is 22.3. The van der Waals surface area contributed by atoms with Gasteiger partial charge in [-0.05, 0) is 30.5 Å². The number of aromatic nitrogens is 4. The van der Waals surface area contributed by atoms with E-state index in [0.717, 1.165) is 41.3 Å². The number of para-hydroxylation sites is 1. The monoisotopic (exact) mass is 493 g/mol. The van der Waals surface area contributed by atoms with Gasteiger partial charge in [-0.2, -0.15) is 0 Å². The Kier molecular flexibility index (Phi) is 8.42. The third-order valence-corrected chi connectivity index (χ3v) is 6.61. The first-order valence-corrected chi connectivity index (χ1v) is 12.5. The molecule has 0 atom stereocenters. The minimum atomic E-state index is -0.350. The van der Waals surface area contributed by atoms with Gasteiger partial charge in [-0.3, -0.25) is 9.59 Å². The third kappa shape index (κ3) is 7.53. The summed E-state index contributed by atoms with van der Waals surface area (Å²) in [4.78, 5) is 24.2. The summed E-state index contributed by atoms with van der Waals surface area (Å²) >= 11 is 2.83. The van der Waals surface area contributed by atoms with Gasteiger partial charge in [0.25, 0.3) is 0 Å². The fourth-order valence-corrected chi connectivity index (χ4v) is 4.81. The van der Waals surface area contributed by atoms with Crippen molar-refractivity contribution < 1.29 is 14.3 Å². The molecule has 0 saturated heterocycles. The lowest BCUT2D eigenvalue weighted by atomic mass is 10.1. The van der Waals surface area contributed by atoms with Gasteiger partial charge >= 0.3 is 5.97 Å². The van der Waals surface area contributed by atoms with Crippen molar-refractivity contribution in [1.82, 2.24) is 20.4 Å². The number of carbonyl (C=O) groups is 2. The highest BCUT2D eigenvalue weighted by atomic mass is 32.1. The van der Waals surface area contributed by atoms with Gasteiger partial charge in [0.2, 0.25) is 11.0 Å². The number of nitrogens with zero attached hydrogens (tertiary/aromatic N) is 4. The number of rotatable bonds is 11. The Hall–Kier alpha value is -3.50. The van der Waals surface area contributed by atoms with E-state index < -0.39 is 0 Å². The number of esters is 1. The van der Waals surface area contributed by atoms with E-state index in [2.05, 4.69) is 25.7 Å². The van der Waals surface area contributed by atoms with Gasteiger partial charge in [-0.1, -0.05) is 59.9 Å². The van der Waals surface area contributed by atoms with Crippen LogP contribution in [-0.2, 0) is 35.3 Å². The van der Waals surface area contributed by atoms with Crippen LogP contribution in [0.15, 0.2) is 60.7 Å². The van der Waals surface area contributed by atoms with Crippen molar-refractivity contribution in [3.63, 3.8) is 0 Å². The summed E-state index contributed by atoms with van der Waals surface area (Å²) < 4.78 is 5.29. The Balaban J connectivity index is 1.15. The number of anilines is 1. The molecule has 0 unspecified atom stereocenters. The molecule has 8 nitrogen and oxygen atoms in total. The summed E-state index contributed by atoms with van der Waals surface area (Å²) in [6.07, 6.45) is 3.81. The zero-order valence-electron chi connectivity index (χ0n) is 18.3. The molecule has 10 heteroatoms. The Morgan fingerprint density at radius 2 is 1.35 bits per heavy atom. The summed E-state index contributed by atoms with van der Waals surface area (Å²) in [5.41, 5.74) is 0.956. The molecule has 174 valence electrons. The van der Waals surface area contributed by atoms with Crippen LogP contribution in [0, 0.1) is 0 Å². The molecular weight excluding hydrogens is 470 g/mol. The zero-order chi connectivity index (χ0) is 23.6. The van der Waals surface area contributed by atoms with Crippen LogP contribution in [0.5, 0.6) is 5.75 Å². The second kappa shape index (κ2) is 12.1. The van der Waals surface area contributed by atoms with Crippen molar-refractivity contribution in [2.24, 2.45) is 0 Å². The smallest absolute Gasteiger partial charge is 0.318 e. The molecule has 4 aromatic rings. The predicted octanol–water partition coefficient (Wildman–Crippen LogP) is 4.28. The van der Waals surface area contributed by atoms with Crippen molar-refractivity contribution in [3.8, 4) is 5.75 Å². The van der Waals surface area contributed by atoms with Gasteiger partial charge in [0.05, 0.1) is 12.8 Å². The van der Waals surface area contributed by atoms with Crippen molar-refractivity contribution in [3.05, 3.63) is 81.2 Å². The van der Waals surface area contributed by atoms with Crippen LogP contribution < -0.4 is 10.1 Å². The lowest BCUT2D eigenvalue weighted by molar-refractivity contribution is -0.133. The van der Waals surface area contributed by atoms with Crippen LogP contribution in [0.3, 0.4) is 0 Å². The molecule has 0 aliphatic carbocycles. The minimum absolute atomic E-state index is 0.103. The highest BCUT2D eigenvalue weighted by molar-refractivity contribution is 7.15. The maximum Gasteiger partial charge on any atom is 0.318 e. The number of nitrogens with one attached hydrogen (secondary N) is 1. The average Bonchev–Trinajstić information content (AvgIpc) is 3.47. The molecule has 0 aliphatic rings. The fraction of sp³-hybridized carbons (Fsp3) is 0.250. The first-order chi connectivity index (χ1) is 16.6. The first kappa shape index (κ1) is 23.7. The highest BCUT2D eigenvalue weighted by Crippen LogP contribution is 2.19. The van der Waals surface area contributed by atoms with E-state index in [1.54, 1.807) is 12.1 Å². The van der Waals surface area contributed by atoms with Crippen LogP contribution in [0.25, 0.3) is 0 Å². The van der Waals surface area contributed by atoms with E-state index in [1.165, 1.54) is 22.7 Å². The van der Waals surface area contributed by atoms with Crippen LogP contribution >= 0.6 is 22.7 Å². The normalized spacial score (nSPS) is 10.7. The summed E-state index contributed by atoms with van der Waals surface area (Å²) in [7, 11) is 0. The Bertz CT molecular complexity index is 1120. The number of benzene rings is 2. The molecule has 0 saturated carbocycles. The van der Waals surface area contributed by atoms with Gasteiger partial charge in [0.1, 0.15) is 20.8 Å². The van der Waals surface area contributed by atoms with Crippen LogP contribution in [0.2, 0.25) is 0 Å². The lowest BCUT2D eigenvalue weighted by Crippen LogP contribution is -2.14. The zero-order valence-corrected chi connectivity index (χ0v) is 20.0. The molecule has 2 heterocycles. The standard InChI is InChI=1S/C24H23N5O3S2/c30-19(15-17-9-3-1-4-10-17)25-24-29-27-21(34-24)14-8-7-13-20-26-28-22(33-20)16-23(31)32-18-11-5-2-6-12-18/h1-6,9-12H,7-8,13-16H2,(H,25,29,30). The molecule has 0 spiro atoms. The summed E-state index contributed by atoms with van der Waals surface area (Å²) in [5.74, 6) is 0.0679. The maximum atomic E-state index is 12.2. The molecule has 0 aliphatic heterocycles. The topological polar surface area (TPSA) is 107 Å². The van der Waals surface area contributed by atoms with E-state index in [9.17, 15) is 9.59 Å². The third-order valence-electron chi connectivity index (χ3n) is 4.73. The van der Waals surface area contributed by atoms with Gasteiger partial charge in [0.15, 0.2) is 0 Å². The van der Waals surface area contributed by atoms with Crippen molar-refractivity contribution in [2.75, 3.05) is 5.32 Å². The van der Waals surface area contributed by atoms with E-state index in [-0.39, 0.29) is 18.3 Å². The average molecular weight is 494 g/mol. The second-order valence-electron chi connectivity index (χ2n) is 7.47. The van der Waals surface area contributed by atoms with E-state index in [1.807, 2.05) is 48.5 Å². The van der Waals surface area contributed by atoms with E-state index >= 15 is 0 Å². The molecule has 2 aromatic heterocycles. The molecule has 0 bridgehead atoms. The number of ether oxygens (including phenoxy) is 1. The summed E-state index contributed by atoms with van der Waals surface area (Å²) in [6.45, 7) is 0. The number of hydrogen-bond acceptors (Lipinski definition) is 9. The quantitative estimate of drug-likeness (QED) is 0.189. The number of aryl methyl sites for hydroxylation is 2. The fourth-order valence-electron chi connectivity index (χ4n) is 3.14. The lowest BCUT2D eigenvalue weighted by Gasteiger charge is -2.01. The van der Waals surface area contributed by atoms with Crippen LogP contribution in [-0.4, -0.2) is 32.3 Å². The number of hydrogen-bond donors (Lipinski definition) is 1. The second-order valence-corrected chi connectivity index (χ2v) is 9.68. The SMILES string of the molecule is O=C(Cc1ccccc1)Nc1nnc(CCCCc2nnc(CC(=O)Oc3ccccc3)s2)s1. The highest BCUT2D eigenvalue weighted by Gasteiger charge is 2.12. The maximum absolute atomic E-state index is 12.2. The van der Waals surface area contributed by atoms with E-state index in [0.29, 0.717) is 22.3 Å². The van der Waals surface area contributed by atoms with E-state index in [4.69, 9.17) is 4.74 Å². The van der Waals surface area contributed by atoms with Gasteiger partial charge < -0.3 is 10.1 Å². The summed E-state index contributed by atoms with van der Waals surface area (Å²) in [6, 6.07) is 18.6. The molecular formula is C24H23N5O3S2. The van der Waals surface area contributed by atoms with Crippen LogP contribution in [0.4, 0.5) is 5.13 Å². The first-order valence-electron chi connectivity index (χ1n) is 10.9. The number of unbranched alkanes of at least 4 members (excludes halogenated alkanes) is 1. The Labute approximate surface area is 205 Å². The molecule has 34 heavy (non-hydrogen) atoms. The Morgan fingerprint density at radius 3 is 2.09 bits per heavy atom. The Morgan fingerprint density at radius 1 is 0.735 bits per heavy atom. The van der Waals surface area contributed by atoms with Crippen LogP contribution in [0.1, 0.15) is 33.4 Å². The van der Waals surface area contributed by atoms with Crippen molar-refractivity contribution in [2.45, 2.75) is 38.5 Å². The molecule has 2 aromatic carbocycles. The molecule has 4 rings (SSSR count).